The Morgan fingerprint density at radius 2 is 2.31 bits per heavy atom. The molecule has 2 aromatic heterocycles. The van der Waals surface area contributed by atoms with E-state index < -0.39 is 0 Å². The van der Waals surface area contributed by atoms with E-state index in [-0.39, 0.29) is 0 Å². The van der Waals surface area contributed by atoms with Crippen LogP contribution in [0.4, 0.5) is 11.5 Å². The normalized spacial score (nSPS) is 10.3. The first-order valence-electron chi connectivity index (χ1n) is 4.97. The summed E-state index contributed by atoms with van der Waals surface area (Å²) in [4.78, 5) is 8.12. The molecule has 6 nitrogen and oxygen atoms in total. The minimum atomic E-state index is 0.604. The number of nitrogens with two attached hydrogens (primary N) is 1. The van der Waals surface area contributed by atoms with E-state index in [2.05, 4.69) is 20.4 Å². The molecule has 2 aromatic rings. The number of nitrogens with one attached hydrogen (secondary N) is 1. The highest BCUT2D eigenvalue weighted by Crippen LogP contribution is 2.13. The lowest BCUT2D eigenvalue weighted by Crippen LogP contribution is -2.07. The lowest BCUT2D eigenvalue weighted by atomic mass is 10.2. The van der Waals surface area contributed by atoms with Crippen molar-refractivity contribution >= 4 is 11.5 Å². The third-order valence-electron chi connectivity index (χ3n) is 2.20. The molecular formula is C10H13N5O. The van der Waals surface area contributed by atoms with Gasteiger partial charge < -0.3 is 15.6 Å². The number of aryl methyl sites for hydroxylation is 1. The Bertz CT molecular complexity index is 454. The van der Waals surface area contributed by atoms with Crippen molar-refractivity contribution in [1.82, 2.24) is 15.1 Å². The molecular weight excluding hydrogens is 206 g/mol. The fraction of sp³-hybridized carbons (Fsp3) is 0.300. The van der Waals surface area contributed by atoms with Gasteiger partial charge in [0.05, 0.1) is 0 Å². The predicted octanol–water partition coefficient (Wildman–Crippen LogP) is 1.01. The topological polar surface area (TPSA) is 89.9 Å². The fourth-order valence-electron chi connectivity index (χ4n) is 1.24. The minimum Gasteiger partial charge on any atom is -0.398 e. The van der Waals surface area contributed by atoms with E-state index in [1.165, 1.54) is 6.33 Å². The molecule has 2 rings (SSSR count). The first-order chi connectivity index (χ1) is 7.75. The molecule has 0 bridgehead atoms. The van der Waals surface area contributed by atoms with Crippen LogP contribution in [0.3, 0.4) is 0 Å². The van der Waals surface area contributed by atoms with E-state index in [1.54, 1.807) is 6.20 Å². The quantitative estimate of drug-likeness (QED) is 0.797. The van der Waals surface area contributed by atoms with Crippen LogP contribution in [0.25, 0.3) is 0 Å². The van der Waals surface area contributed by atoms with Crippen LogP contribution in [-0.2, 0) is 6.42 Å². The largest absolute Gasteiger partial charge is 0.398 e. The zero-order valence-electron chi connectivity index (χ0n) is 8.97. The molecule has 0 atom stereocenters. The molecule has 0 amide bonds. The number of aromatic nitrogens is 3. The van der Waals surface area contributed by atoms with E-state index in [4.69, 9.17) is 10.3 Å². The number of nitrogens with zero attached hydrogens (tertiary/aromatic N) is 3. The molecule has 0 unspecified atom stereocenters. The van der Waals surface area contributed by atoms with Gasteiger partial charge in [0.25, 0.3) is 0 Å². The van der Waals surface area contributed by atoms with Gasteiger partial charge in [-0.05, 0) is 12.5 Å². The van der Waals surface area contributed by atoms with Gasteiger partial charge in [0.1, 0.15) is 5.82 Å². The van der Waals surface area contributed by atoms with E-state index in [0.29, 0.717) is 18.9 Å². The number of nitrogen functional groups attached to an aromatic ring is 1. The summed E-state index contributed by atoms with van der Waals surface area (Å²) in [6, 6.07) is 1.81. The van der Waals surface area contributed by atoms with Crippen LogP contribution >= 0.6 is 0 Å². The van der Waals surface area contributed by atoms with E-state index in [0.717, 1.165) is 17.1 Å². The van der Waals surface area contributed by atoms with Gasteiger partial charge in [-0.1, -0.05) is 5.16 Å². The van der Waals surface area contributed by atoms with Gasteiger partial charge in [0.15, 0.2) is 6.33 Å². The standard InChI is InChI=1S/C10H13N5O/c1-7-5-13-9(4-8(7)11)12-3-2-10-14-6-15-16-10/h4-6H,2-3H2,1H3,(H3,11,12,13). The Morgan fingerprint density at radius 3 is 3.00 bits per heavy atom. The Labute approximate surface area is 92.9 Å². The number of rotatable bonds is 4. The molecule has 3 N–H and O–H groups in total. The van der Waals surface area contributed by atoms with E-state index in [9.17, 15) is 0 Å². The predicted molar refractivity (Wildman–Crippen MR) is 59.9 cm³/mol. The second-order valence-electron chi connectivity index (χ2n) is 3.44. The smallest absolute Gasteiger partial charge is 0.228 e. The monoisotopic (exact) mass is 219 g/mol. The maximum atomic E-state index is 5.77. The molecule has 0 saturated heterocycles. The molecule has 0 fully saturated rings. The molecule has 0 aliphatic heterocycles. The highest BCUT2D eigenvalue weighted by molar-refractivity contribution is 5.53. The third kappa shape index (κ3) is 2.47. The van der Waals surface area contributed by atoms with Crippen LogP contribution < -0.4 is 11.1 Å². The third-order valence-corrected chi connectivity index (χ3v) is 2.20. The van der Waals surface area contributed by atoms with Gasteiger partial charge in [-0.2, -0.15) is 4.98 Å². The van der Waals surface area contributed by atoms with Crippen LogP contribution in [0.2, 0.25) is 0 Å². The maximum Gasteiger partial charge on any atom is 0.228 e. The summed E-state index contributed by atoms with van der Waals surface area (Å²) in [5.41, 5.74) is 7.47. The second-order valence-corrected chi connectivity index (χ2v) is 3.44. The molecule has 0 aliphatic carbocycles. The van der Waals surface area contributed by atoms with Crippen molar-refractivity contribution < 1.29 is 4.52 Å². The molecule has 16 heavy (non-hydrogen) atoms. The van der Waals surface area contributed by atoms with Crippen LogP contribution in [0.5, 0.6) is 0 Å². The zero-order valence-corrected chi connectivity index (χ0v) is 8.97. The number of hydrogen-bond donors (Lipinski definition) is 2. The maximum absolute atomic E-state index is 5.77. The van der Waals surface area contributed by atoms with Crippen molar-refractivity contribution in [3.8, 4) is 0 Å². The molecule has 84 valence electrons. The SMILES string of the molecule is Cc1cnc(NCCc2ncno2)cc1N. The summed E-state index contributed by atoms with van der Waals surface area (Å²) >= 11 is 0. The Morgan fingerprint density at radius 1 is 1.44 bits per heavy atom. The summed E-state index contributed by atoms with van der Waals surface area (Å²) in [5, 5.41) is 6.66. The van der Waals surface area contributed by atoms with Crippen LogP contribution in [0.15, 0.2) is 23.1 Å². The molecule has 0 saturated carbocycles. The van der Waals surface area contributed by atoms with Crippen molar-refractivity contribution in [3.05, 3.63) is 30.0 Å². The van der Waals surface area contributed by atoms with Crippen LogP contribution in [-0.4, -0.2) is 21.7 Å². The van der Waals surface area contributed by atoms with Gasteiger partial charge in [-0.25, -0.2) is 4.98 Å². The average molecular weight is 219 g/mol. The molecule has 0 aromatic carbocycles. The summed E-state index contributed by atoms with van der Waals surface area (Å²) in [6.07, 6.45) is 3.79. The van der Waals surface area contributed by atoms with Crippen molar-refractivity contribution in [3.63, 3.8) is 0 Å². The van der Waals surface area contributed by atoms with Gasteiger partial charge in [-0.3, -0.25) is 0 Å². The average Bonchev–Trinajstić information content (AvgIpc) is 2.76. The van der Waals surface area contributed by atoms with Gasteiger partial charge in [0, 0.05) is 30.9 Å². The Balaban J connectivity index is 1.87. The Hall–Kier alpha value is -2.11. The minimum absolute atomic E-state index is 0.604. The number of hydrogen-bond acceptors (Lipinski definition) is 6. The fourth-order valence-corrected chi connectivity index (χ4v) is 1.24. The summed E-state index contributed by atoms with van der Waals surface area (Å²) < 4.78 is 4.87. The van der Waals surface area contributed by atoms with Gasteiger partial charge >= 0.3 is 0 Å². The Kier molecular flexibility index (Phi) is 3.00. The molecule has 0 radical (unpaired) electrons. The summed E-state index contributed by atoms with van der Waals surface area (Å²) in [6.45, 7) is 2.60. The zero-order chi connectivity index (χ0) is 11.4. The van der Waals surface area contributed by atoms with Gasteiger partial charge in [-0.15, -0.1) is 0 Å². The second kappa shape index (κ2) is 4.61. The first kappa shape index (κ1) is 10.4. The highest BCUT2D eigenvalue weighted by Gasteiger charge is 2.00. The first-order valence-corrected chi connectivity index (χ1v) is 4.97. The highest BCUT2D eigenvalue weighted by atomic mass is 16.5. The van der Waals surface area contributed by atoms with Crippen molar-refractivity contribution in [2.45, 2.75) is 13.3 Å². The number of pyridine rings is 1. The van der Waals surface area contributed by atoms with Crippen LogP contribution in [0, 0.1) is 6.92 Å². The van der Waals surface area contributed by atoms with Crippen molar-refractivity contribution in [1.29, 1.82) is 0 Å². The lowest BCUT2D eigenvalue weighted by molar-refractivity contribution is 0.379. The van der Waals surface area contributed by atoms with E-state index in [1.807, 2.05) is 13.0 Å². The molecule has 6 heteroatoms. The van der Waals surface area contributed by atoms with Crippen molar-refractivity contribution in [2.24, 2.45) is 0 Å². The molecule has 0 aliphatic rings. The van der Waals surface area contributed by atoms with Crippen molar-refractivity contribution in [2.75, 3.05) is 17.6 Å². The lowest BCUT2D eigenvalue weighted by Gasteiger charge is -2.05. The molecule has 0 spiro atoms. The molecule has 2 heterocycles. The number of anilines is 2. The summed E-state index contributed by atoms with van der Waals surface area (Å²) in [7, 11) is 0. The van der Waals surface area contributed by atoms with Gasteiger partial charge in [0.2, 0.25) is 5.89 Å². The van der Waals surface area contributed by atoms with Crippen LogP contribution in [0.1, 0.15) is 11.5 Å². The summed E-state index contributed by atoms with van der Waals surface area (Å²) in [5.74, 6) is 1.36. The van der Waals surface area contributed by atoms with E-state index >= 15 is 0 Å².